The first kappa shape index (κ1) is 56.6. The number of nitrogens with one attached hydrogen (secondary N) is 4. The van der Waals surface area contributed by atoms with E-state index < -0.39 is 48.5 Å². The predicted octanol–water partition coefficient (Wildman–Crippen LogP) is 9.62. The minimum Gasteiger partial charge on any atom is -0.478 e. The van der Waals surface area contributed by atoms with Crippen molar-refractivity contribution in [1.29, 1.82) is 0 Å². The number of benzene rings is 2. The molecule has 0 bridgehead atoms. The van der Waals surface area contributed by atoms with E-state index >= 15 is 0 Å². The number of halogens is 1. The number of carbonyl (C=O) groups excluding carboxylic acids is 1. The number of anilines is 4. The van der Waals surface area contributed by atoms with Gasteiger partial charge >= 0.3 is 6.09 Å². The molecule has 4 aromatic heterocycles. The molecule has 2 saturated heterocycles. The van der Waals surface area contributed by atoms with E-state index in [9.17, 15) is 31.1 Å². The van der Waals surface area contributed by atoms with E-state index in [0.29, 0.717) is 46.3 Å². The van der Waals surface area contributed by atoms with Gasteiger partial charge in [-0.2, -0.15) is 0 Å². The molecule has 19 nitrogen and oxygen atoms in total. The number of rotatable bonds is 22. The van der Waals surface area contributed by atoms with Gasteiger partial charge in [-0.3, -0.25) is 5.32 Å². The molecule has 24 heteroatoms. The molecule has 2 aliphatic carbocycles. The first-order valence-corrected chi connectivity index (χ1v) is 31.4. The number of thiazole rings is 2. The Bertz CT molecular complexity index is 3270. The van der Waals surface area contributed by atoms with Gasteiger partial charge < -0.3 is 44.7 Å². The summed E-state index contributed by atoms with van der Waals surface area (Å²) in [4.78, 5) is 32.1. The molecule has 422 valence electrons. The Morgan fingerprint density at radius 3 is 1.75 bits per heavy atom. The molecular formula is C55H65FN8O11S4. The lowest BCUT2D eigenvalue weighted by molar-refractivity contribution is -0.158. The molecular weight excluding hydrogens is 1100 g/mol. The number of nitrogens with zero attached hydrogens (tertiary/aromatic N) is 4. The minimum absolute atomic E-state index is 0.0238. The maximum absolute atomic E-state index is 14.0. The average molecular weight is 1160 g/mol. The summed E-state index contributed by atoms with van der Waals surface area (Å²) in [6.07, 6.45) is 11.1. The highest BCUT2D eigenvalue weighted by Gasteiger charge is 2.38. The third-order valence-corrected chi connectivity index (χ3v) is 21.2. The molecule has 10 rings (SSSR count). The summed E-state index contributed by atoms with van der Waals surface area (Å²) in [5.41, 5.74) is 2.87. The lowest BCUT2D eigenvalue weighted by atomic mass is 9.86. The van der Waals surface area contributed by atoms with E-state index in [1.54, 1.807) is 55.0 Å². The molecule has 2 atom stereocenters. The van der Waals surface area contributed by atoms with Crippen LogP contribution < -0.4 is 26.0 Å². The zero-order valence-corrected chi connectivity index (χ0v) is 47.3. The van der Waals surface area contributed by atoms with Crippen LogP contribution in [0.15, 0.2) is 95.2 Å². The number of pyridine rings is 2. The highest BCUT2D eigenvalue weighted by Crippen LogP contribution is 2.43. The molecule has 5 N–H and O–H groups in total. The standard InChI is InChI=1S/C55H65FN8O11S4/c1-32(2)74-54(65)63-37-9-4-34(5-10-37)52-59-26-46(76-52)44-16-13-39(22-48(44)78(67,68)42-28-71-29-42)61-41-15-19-51(58-25-41)73-21-20-33(3)75-55(66)64-38-11-6-35(7-12-38)53-60-27-47(77-53)45-17-14-40(62-50-18-8-36(56)24-57-50)23-49(45)79(69,70)43-30-72-31-43/h8,13-19,22-27,32-35,37-38,42-43,55,61,64,66H,4-7,9-12,20-21,28-31H2,1-3H3,(H,57,62)(H,63,65)/t33?,34?,35-,37?,38-,55?. The van der Waals surface area contributed by atoms with Gasteiger partial charge in [-0.05, 0) is 115 Å². The van der Waals surface area contributed by atoms with E-state index in [-0.39, 0.29) is 79.0 Å². The van der Waals surface area contributed by atoms with Crippen molar-refractivity contribution in [2.45, 2.75) is 141 Å². The summed E-state index contributed by atoms with van der Waals surface area (Å²) in [7, 11) is -7.48. The second kappa shape index (κ2) is 25.0. The van der Waals surface area contributed by atoms with Crippen molar-refractivity contribution in [2.75, 3.05) is 43.7 Å². The highest BCUT2D eigenvalue weighted by molar-refractivity contribution is 7.92. The average Bonchev–Trinajstić information content (AvgIpc) is 4.12. The first-order chi connectivity index (χ1) is 38.0. The van der Waals surface area contributed by atoms with E-state index in [4.69, 9.17) is 33.7 Å². The SMILES string of the molecule is CC(C)OC(=O)NC1CCC(c2ncc(-c3ccc(Nc4ccc(OCCC(C)OC(O)N[C@H]5CC[C@H](c6ncc(-c7ccc(Nc8ccc(F)cn8)cc7S(=O)(=O)C7COC7)s6)CC5)nc4)cc3S(=O)(=O)C3COC3)s2)CC1. The number of carbonyl (C=O) groups is 1. The van der Waals surface area contributed by atoms with Crippen molar-refractivity contribution >= 4 is 71.3 Å². The Morgan fingerprint density at radius 1 is 0.684 bits per heavy atom. The van der Waals surface area contributed by atoms with Crippen molar-refractivity contribution in [3.8, 4) is 26.8 Å². The topological polar surface area (TPSA) is 251 Å². The van der Waals surface area contributed by atoms with Crippen LogP contribution in [0.4, 0.5) is 32.1 Å². The molecule has 79 heavy (non-hydrogen) atoms. The van der Waals surface area contributed by atoms with Crippen LogP contribution in [0.1, 0.15) is 100 Å². The largest absolute Gasteiger partial charge is 0.478 e. The molecule has 6 aromatic rings. The number of aliphatic hydroxyl groups is 1. The van der Waals surface area contributed by atoms with Crippen LogP contribution in [0, 0.1) is 5.82 Å². The summed E-state index contributed by atoms with van der Waals surface area (Å²) in [6.45, 7) is 6.32. The first-order valence-electron chi connectivity index (χ1n) is 26.7. The Hall–Kier alpha value is -5.70. The van der Waals surface area contributed by atoms with Crippen molar-refractivity contribution in [3.63, 3.8) is 0 Å². The lowest BCUT2D eigenvalue weighted by Crippen LogP contribution is -2.43. The van der Waals surface area contributed by atoms with Crippen LogP contribution in [0.2, 0.25) is 0 Å². The van der Waals surface area contributed by atoms with Gasteiger partial charge in [0.25, 0.3) is 0 Å². The zero-order chi connectivity index (χ0) is 55.3. The molecule has 6 heterocycles. The van der Waals surface area contributed by atoms with Crippen LogP contribution >= 0.6 is 22.7 Å². The number of alkyl carbamates (subject to hydrolysis) is 1. The number of aliphatic hydroxyl groups excluding tert-OH is 1. The van der Waals surface area contributed by atoms with E-state index in [2.05, 4.69) is 31.2 Å². The number of hydrogen-bond acceptors (Lipinski definition) is 20. The normalized spacial score (nSPS) is 20.9. The van der Waals surface area contributed by atoms with Gasteiger partial charge in [0, 0.05) is 71.3 Å². The van der Waals surface area contributed by atoms with E-state index in [1.165, 1.54) is 34.8 Å². The number of aromatic nitrogens is 4. The third-order valence-electron chi connectivity index (χ3n) is 14.6. The summed E-state index contributed by atoms with van der Waals surface area (Å²) in [5.74, 6) is 0.684. The van der Waals surface area contributed by atoms with Gasteiger partial charge in [-0.1, -0.05) is 12.1 Å². The number of ether oxygens (including phenoxy) is 5. The summed E-state index contributed by atoms with van der Waals surface area (Å²) < 4.78 is 96.7. The molecule has 2 saturated carbocycles. The predicted molar refractivity (Wildman–Crippen MR) is 298 cm³/mol. The van der Waals surface area contributed by atoms with Crippen LogP contribution in [-0.4, -0.2) is 122 Å². The van der Waals surface area contributed by atoms with Crippen molar-refractivity contribution < 1.29 is 54.8 Å². The fourth-order valence-corrected chi connectivity index (χ4v) is 15.7. The number of amides is 1. The van der Waals surface area contributed by atoms with Crippen molar-refractivity contribution in [1.82, 2.24) is 30.6 Å². The fraction of sp³-hybridized carbons (Fsp3) is 0.473. The molecule has 2 aliphatic heterocycles. The van der Waals surface area contributed by atoms with Gasteiger partial charge in [0.1, 0.15) is 22.1 Å². The Labute approximate surface area is 467 Å². The minimum atomic E-state index is -3.74. The molecule has 2 unspecified atom stereocenters. The molecule has 4 aliphatic rings. The number of hydrogen-bond donors (Lipinski definition) is 5. The second-order valence-electron chi connectivity index (χ2n) is 20.8. The maximum Gasteiger partial charge on any atom is 0.407 e. The molecule has 0 radical (unpaired) electrons. The summed E-state index contributed by atoms with van der Waals surface area (Å²) >= 11 is 2.99. The van der Waals surface area contributed by atoms with Crippen LogP contribution in [0.25, 0.3) is 20.9 Å². The molecule has 4 fully saturated rings. The Kier molecular flexibility index (Phi) is 17.9. The third kappa shape index (κ3) is 13.9. The van der Waals surface area contributed by atoms with Crippen LogP contribution in [-0.2, 0) is 38.6 Å². The Balaban J connectivity index is 0.677. The molecule has 1 amide bonds. The van der Waals surface area contributed by atoms with Gasteiger partial charge in [0.15, 0.2) is 19.7 Å². The smallest absolute Gasteiger partial charge is 0.407 e. The van der Waals surface area contributed by atoms with E-state index in [0.717, 1.165) is 77.3 Å². The summed E-state index contributed by atoms with van der Waals surface area (Å²) in [6, 6.07) is 16.8. The summed E-state index contributed by atoms with van der Waals surface area (Å²) in [5, 5.41) is 24.0. The van der Waals surface area contributed by atoms with Gasteiger partial charge in [-0.25, -0.2) is 46.0 Å². The fourth-order valence-electron chi connectivity index (χ4n) is 9.99. The van der Waals surface area contributed by atoms with E-state index in [1.807, 2.05) is 32.9 Å². The van der Waals surface area contributed by atoms with Gasteiger partial charge in [0.05, 0.1) is 92.9 Å². The number of sulfone groups is 2. The molecule has 0 spiro atoms. The van der Waals surface area contributed by atoms with Crippen LogP contribution in [0.5, 0.6) is 5.88 Å². The quantitative estimate of drug-likeness (QED) is 0.0397. The van der Waals surface area contributed by atoms with Crippen molar-refractivity contribution in [2.24, 2.45) is 0 Å². The Morgan fingerprint density at radius 2 is 1.24 bits per heavy atom. The highest BCUT2D eigenvalue weighted by atomic mass is 32.2. The van der Waals surface area contributed by atoms with Crippen molar-refractivity contribution in [3.05, 3.63) is 101 Å². The zero-order valence-electron chi connectivity index (χ0n) is 44.0. The molecule has 2 aromatic carbocycles. The monoisotopic (exact) mass is 1160 g/mol. The second-order valence-corrected chi connectivity index (χ2v) is 27.3. The lowest BCUT2D eigenvalue weighted by Gasteiger charge is -2.30. The maximum atomic E-state index is 14.0. The van der Waals surface area contributed by atoms with Gasteiger partial charge in [0.2, 0.25) is 12.3 Å². The van der Waals surface area contributed by atoms with Crippen LogP contribution in [0.3, 0.4) is 0 Å². The van der Waals surface area contributed by atoms with Gasteiger partial charge in [-0.15, -0.1) is 22.7 Å².